The predicted octanol–water partition coefficient (Wildman–Crippen LogP) is 2.61. The van der Waals surface area contributed by atoms with Crippen LogP contribution in [0.5, 0.6) is 0 Å². The van der Waals surface area contributed by atoms with Crippen LogP contribution in [0.15, 0.2) is 36.5 Å². The first-order valence-corrected chi connectivity index (χ1v) is 8.56. The van der Waals surface area contributed by atoms with E-state index in [0.29, 0.717) is 30.1 Å². The molecule has 6 nitrogen and oxygen atoms in total. The standard InChI is InChI=1S/C19H20N4O2/c20-14-7-8-21-16(10-14)19(25)22-15-4-5-17-13(9-15)3-6-18(24)23(17)11-12-1-2-12/h4-5,7-10,12H,1-3,6,11H2,(H2,20,21)(H,22,25). The smallest absolute Gasteiger partial charge is 0.274 e. The van der Waals surface area contributed by atoms with Crippen LogP contribution in [-0.4, -0.2) is 23.3 Å². The summed E-state index contributed by atoms with van der Waals surface area (Å²) in [5, 5.41) is 2.85. The Morgan fingerprint density at radius 3 is 2.84 bits per heavy atom. The van der Waals surface area contributed by atoms with Crippen molar-refractivity contribution in [1.82, 2.24) is 4.98 Å². The minimum Gasteiger partial charge on any atom is -0.399 e. The van der Waals surface area contributed by atoms with Gasteiger partial charge < -0.3 is 16.0 Å². The quantitative estimate of drug-likeness (QED) is 0.898. The molecule has 1 aliphatic heterocycles. The molecule has 1 aromatic carbocycles. The number of hydrogen-bond donors (Lipinski definition) is 2. The Labute approximate surface area is 146 Å². The van der Waals surface area contributed by atoms with Crippen LogP contribution in [-0.2, 0) is 11.2 Å². The zero-order chi connectivity index (χ0) is 17.4. The topological polar surface area (TPSA) is 88.3 Å². The van der Waals surface area contributed by atoms with E-state index in [4.69, 9.17) is 5.73 Å². The van der Waals surface area contributed by atoms with Crippen LogP contribution < -0.4 is 16.0 Å². The fourth-order valence-corrected chi connectivity index (χ4v) is 3.16. The molecule has 128 valence electrons. The first-order chi connectivity index (χ1) is 12.1. The number of nitrogens with zero attached hydrogens (tertiary/aromatic N) is 2. The third-order valence-corrected chi connectivity index (χ3v) is 4.69. The number of pyridine rings is 1. The van der Waals surface area contributed by atoms with E-state index in [9.17, 15) is 9.59 Å². The molecule has 1 aromatic heterocycles. The molecule has 1 saturated carbocycles. The van der Waals surface area contributed by atoms with Gasteiger partial charge in [-0.25, -0.2) is 0 Å². The summed E-state index contributed by atoms with van der Waals surface area (Å²) in [4.78, 5) is 30.5. The number of nitrogen functional groups attached to an aromatic ring is 1. The SMILES string of the molecule is Nc1ccnc(C(=O)Nc2ccc3c(c2)CCC(=O)N3CC2CC2)c1. The number of anilines is 3. The van der Waals surface area contributed by atoms with Crippen molar-refractivity contribution >= 4 is 28.9 Å². The largest absolute Gasteiger partial charge is 0.399 e. The summed E-state index contributed by atoms with van der Waals surface area (Å²) in [5.41, 5.74) is 9.25. The second kappa shape index (κ2) is 6.20. The molecular formula is C19H20N4O2. The van der Waals surface area contributed by atoms with Crippen molar-refractivity contribution in [2.45, 2.75) is 25.7 Å². The van der Waals surface area contributed by atoms with Gasteiger partial charge in [-0.2, -0.15) is 0 Å². The van der Waals surface area contributed by atoms with Gasteiger partial charge in [0.15, 0.2) is 0 Å². The normalized spacial score (nSPS) is 16.5. The van der Waals surface area contributed by atoms with Gasteiger partial charge >= 0.3 is 0 Å². The van der Waals surface area contributed by atoms with Crippen LogP contribution in [0, 0.1) is 5.92 Å². The maximum absolute atomic E-state index is 12.3. The number of hydrogen-bond acceptors (Lipinski definition) is 4. The Morgan fingerprint density at radius 1 is 1.24 bits per heavy atom. The van der Waals surface area contributed by atoms with E-state index < -0.39 is 0 Å². The van der Waals surface area contributed by atoms with Crippen molar-refractivity contribution < 1.29 is 9.59 Å². The zero-order valence-corrected chi connectivity index (χ0v) is 13.9. The molecule has 0 bridgehead atoms. The Bertz CT molecular complexity index is 845. The van der Waals surface area contributed by atoms with Gasteiger partial charge in [0.2, 0.25) is 5.91 Å². The fourth-order valence-electron chi connectivity index (χ4n) is 3.16. The van der Waals surface area contributed by atoms with Gasteiger partial charge in [-0.15, -0.1) is 0 Å². The molecule has 1 fully saturated rings. The number of aromatic nitrogens is 1. The van der Waals surface area contributed by atoms with Gasteiger partial charge in [0.05, 0.1) is 0 Å². The Kier molecular flexibility index (Phi) is 3.87. The van der Waals surface area contributed by atoms with Crippen molar-refractivity contribution in [1.29, 1.82) is 0 Å². The van der Waals surface area contributed by atoms with Gasteiger partial charge in [0.1, 0.15) is 5.69 Å². The summed E-state index contributed by atoms with van der Waals surface area (Å²) in [7, 11) is 0. The molecule has 0 spiro atoms. The number of carbonyl (C=O) groups is 2. The van der Waals surface area contributed by atoms with Crippen LogP contribution in [0.4, 0.5) is 17.1 Å². The van der Waals surface area contributed by atoms with Gasteiger partial charge in [-0.05, 0) is 61.1 Å². The molecule has 1 aliphatic carbocycles. The van der Waals surface area contributed by atoms with Gasteiger partial charge in [0, 0.05) is 36.2 Å². The number of amides is 2. The van der Waals surface area contributed by atoms with Gasteiger partial charge in [0.25, 0.3) is 5.91 Å². The molecule has 2 heterocycles. The van der Waals surface area contributed by atoms with Gasteiger partial charge in [-0.1, -0.05) is 0 Å². The molecule has 6 heteroatoms. The van der Waals surface area contributed by atoms with E-state index in [2.05, 4.69) is 10.3 Å². The van der Waals surface area contributed by atoms with E-state index in [-0.39, 0.29) is 17.5 Å². The average Bonchev–Trinajstić information content (AvgIpc) is 3.41. The van der Waals surface area contributed by atoms with Crippen molar-refractivity contribution in [3.63, 3.8) is 0 Å². The highest BCUT2D eigenvalue weighted by atomic mass is 16.2. The Hall–Kier alpha value is -2.89. The minimum absolute atomic E-state index is 0.195. The van der Waals surface area contributed by atoms with Gasteiger partial charge in [-0.3, -0.25) is 14.6 Å². The number of nitrogens with two attached hydrogens (primary N) is 1. The van der Waals surface area contributed by atoms with E-state index in [1.165, 1.54) is 19.0 Å². The third-order valence-electron chi connectivity index (χ3n) is 4.69. The Morgan fingerprint density at radius 2 is 2.08 bits per heavy atom. The predicted molar refractivity (Wildman–Crippen MR) is 96.4 cm³/mol. The molecule has 3 N–H and O–H groups in total. The fraction of sp³-hybridized carbons (Fsp3) is 0.316. The summed E-state index contributed by atoms with van der Waals surface area (Å²) in [5.74, 6) is 0.540. The zero-order valence-electron chi connectivity index (χ0n) is 13.9. The number of benzene rings is 1. The molecular weight excluding hydrogens is 316 g/mol. The lowest BCUT2D eigenvalue weighted by Gasteiger charge is -2.30. The minimum atomic E-state index is -0.297. The summed E-state index contributed by atoms with van der Waals surface area (Å²) < 4.78 is 0. The summed E-state index contributed by atoms with van der Waals surface area (Å²) in [6.07, 6.45) is 5.16. The lowest BCUT2D eigenvalue weighted by atomic mass is 10.00. The summed E-state index contributed by atoms with van der Waals surface area (Å²) in [6, 6.07) is 8.90. The number of nitrogens with one attached hydrogen (secondary N) is 1. The lowest BCUT2D eigenvalue weighted by molar-refractivity contribution is -0.118. The molecule has 2 amide bonds. The highest BCUT2D eigenvalue weighted by molar-refractivity contribution is 6.04. The molecule has 25 heavy (non-hydrogen) atoms. The van der Waals surface area contributed by atoms with E-state index >= 15 is 0 Å². The Balaban J connectivity index is 1.54. The van der Waals surface area contributed by atoms with E-state index in [0.717, 1.165) is 17.8 Å². The van der Waals surface area contributed by atoms with E-state index in [1.807, 2.05) is 23.1 Å². The van der Waals surface area contributed by atoms with Crippen molar-refractivity contribution in [2.75, 3.05) is 22.5 Å². The molecule has 0 radical (unpaired) electrons. The number of aryl methyl sites for hydroxylation is 1. The maximum atomic E-state index is 12.3. The highest BCUT2D eigenvalue weighted by Gasteiger charge is 2.31. The summed E-state index contributed by atoms with van der Waals surface area (Å²) >= 11 is 0. The van der Waals surface area contributed by atoms with Crippen LogP contribution in [0.25, 0.3) is 0 Å². The third kappa shape index (κ3) is 3.33. The van der Waals surface area contributed by atoms with Crippen molar-refractivity contribution in [3.8, 4) is 0 Å². The van der Waals surface area contributed by atoms with Crippen LogP contribution >= 0.6 is 0 Å². The van der Waals surface area contributed by atoms with Crippen LogP contribution in [0.3, 0.4) is 0 Å². The van der Waals surface area contributed by atoms with Crippen molar-refractivity contribution in [2.24, 2.45) is 5.92 Å². The number of rotatable bonds is 4. The highest BCUT2D eigenvalue weighted by Crippen LogP contribution is 2.36. The second-order valence-corrected chi connectivity index (χ2v) is 6.72. The molecule has 2 aromatic rings. The molecule has 2 aliphatic rings. The monoisotopic (exact) mass is 336 g/mol. The maximum Gasteiger partial charge on any atom is 0.274 e. The number of carbonyl (C=O) groups excluding carboxylic acids is 2. The summed E-state index contributed by atoms with van der Waals surface area (Å²) in [6.45, 7) is 0.810. The van der Waals surface area contributed by atoms with Crippen LogP contribution in [0.2, 0.25) is 0 Å². The average molecular weight is 336 g/mol. The first-order valence-electron chi connectivity index (χ1n) is 8.56. The van der Waals surface area contributed by atoms with E-state index in [1.54, 1.807) is 12.1 Å². The lowest BCUT2D eigenvalue weighted by Crippen LogP contribution is -2.36. The number of fused-ring (bicyclic) bond motifs is 1. The first kappa shape index (κ1) is 15.6. The van der Waals surface area contributed by atoms with Crippen molar-refractivity contribution in [3.05, 3.63) is 47.8 Å². The molecule has 0 atom stereocenters. The molecule has 0 saturated heterocycles. The molecule has 0 unspecified atom stereocenters. The van der Waals surface area contributed by atoms with Crippen LogP contribution in [0.1, 0.15) is 35.3 Å². The molecule has 4 rings (SSSR count). The second-order valence-electron chi connectivity index (χ2n) is 6.72.